The molecule has 20 heavy (non-hydrogen) atoms. The van der Waals surface area contributed by atoms with Crippen LogP contribution in [-0.4, -0.2) is 26.7 Å². The first-order valence-corrected chi connectivity index (χ1v) is 6.60. The van der Waals surface area contributed by atoms with E-state index in [1.165, 1.54) is 6.33 Å². The normalized spacial score (nSPS) is 12.1. The van der Waals surface area contributed by atoms with Crippen LogP contribution in [-0.2, 0) is 11.3 Å². The summed E-state index contributed by atoms with van der Waals surface area (Å²) >= 11 is 0. The van der Waals surface area contributed by atoms with Gasteiger partial charge in [-0.3, -0.25) is 4.79 Å². The second-order valence-electron chi connectivity index (χ2n) is 4.85. The average Bonchev–Trinajstić information content (AvgIpc) is 2.92. The van der Waals surface area contributed by atoms with Crippen LogP contribution >= 0.6 is 0 Å². The highest BCUT2D eigenvalue weighted by Crippen LogP contribution is 2.11. The number of nitrogens with two attached hydrogens (primary N) is 1. The van der Waals surface area contributed by atoms with Gasteiger partial charge < -0.3 is 11.1 Å². The number of amides is 1. The highest BCUT2D eigenvalue weighted by molar-refractivity contribution is 5.90. The van der Waals surface area contributed by atoms with E-state index in [-0.39, 0.29) is 11.9 Å². The zero-order valence-corrected chi connectivity index (χ0v) is 11.5. The van der Waals surface area contributed by atoms with E-state index in [0.29, 0.717) is 19.4 Å². The Bertz CT molecular complexity index is 533. The predicted octanol–water partition coefficient (Wildman–Crippen LogP) is 1.39. The highest BCUT2D eigenvalue weighted by atomic mass is 16.1. The van der Waals surface area contributed by atoms with Crippen LogP contribution in [0.3, 0.4) is 0 Å². The number of hydrogen-bond donors (Lipinski definition) is 2. The molecule has 0 aliphatic carbocycles. The van der Waals surface area contributed by atoms with E-state index in [1.807, 2.05) is 31.2 Å². The van der Waals surface area contributed by atoms with Crippen molar-refractivity contribution in [3.63, 3.8) is 0 Å². The lowest BCUT2D eigenvalue weighted by molar-refractivity contribution is -0.116. The van der Waals surface area contributed by atoms with E-state index in [4.69, 9.17) is 5.73 Å². The Balaban J connectivity index is 1.86. The summed E-state index contributed by atoms with van der Waals surface area (Å²) in [5, 5.41) is 6.90. The summed E-state index contributed by atoms with van der Waals surface area (Å²) in [4.78, 5) is 15.6. The lowest BCUT2D eigenvalue weighted by Crippen LogP contribution is -2.19. The van der Waals surface area contributed by atoms with Gasteiger partial charge in [0, 0.05) is 18.2 Å². The van der Waals surface area contributed by atoms with Gasteiger partial charge in [0.1, 0.15) is 12.7 Å². The fourth-order valence-corrected chi connectivity index (χ4v) is 1.78. The molecule has 0 saturated carbocycles. The van der Waals surface area contributed by atoms with Crippen LogP contribution in [0.2, 0.25) is 0 Å². The van der Waals surface area contributed by atoms with Crippen molar-refractivity contribution in [1.29, 1.82) is 0 Å². The zero-order chi connectivity index (χ0) is 14.4. The average molecular weight is 273 g/mol. The third kappa shape index (κ3) is 4.47. The number of rotatable bonds is 6. The lowest BCUT2D eigenvalue weighted by atomic mass is 10.1. The van der Waals surface area contributed by atoms with Gasteiger partial charge in [0.25, 0.3) is 0 Å². The largest absolute Gasteiger partial charge is 0.328 e. The molecule has 0 spiro atoms. The van der Waals surface area contributed by atoms with Crippen molar-refractivity contribution >= 4 is 11.6 Å². The van der Waals surface area contributed by atoms with E-state index in [2.05, 4.69) is 15.4 Å². The smallest absolute Gasteiger partial charge is 0.224 e. The van der Waals surface area contributed by atoms with Gasteiger partial charge in [-0.2, -0.15) is 5.10 Å². The minimum atomic E-state index is -0.00803. The Morgan fingerprint density at radius 3 is 2.75 bits per heavy atom. The topological polar surface area (TPSA) is 85.8 Å². The van der Waals surface area contributed by atoms with E-state index in [9.17, 15) is 4.79 Å². The van der Waals surface area contributed by atoms with Crippen molar-refractivity contribution in [3.05, 3.63) is 42.5 Å². The molecule has 106 valence electrons. The van der Waals surface area contributed by atoms with E-state index >= 15 is 0 Å². The first kappa shape index (κ1) is 14.2. The second kappa shape index (κ2) is 6.81. The Kier molecular flexibility index (Phi) is 4.84. The number of anilines is 1. The molecule has 0 aliphatic heterocycles. The molecule has 3 N–H and O–H groups in total. The van der Waals surface area contributed by atoms with Crippen LogP contribution in [0.25, 0.3) is 0 Å². The maximum absolute atomic E-state index is 11.7. The third-order valence-electron chi connectivity index (χ3n) is 2.88. The molecule has 0 radical (unpaired) electrons. The summed E-state index contributed by atoms with van der Waals surface area (Å²) in [5.74, 6) is -0.00803. The molecule has 0 saturated heterocycles. The van der Waals surface area contributed by atoms with E-state index < -0.39 is 0 Å². The number of benzene rings is 1. The van der Waals surface area contributed by atoms with Crippen molar-refractivity contribution < 1.29 is 4.79 Å². The maximum atomic E-state index is 11.7. The van der Waals surface area contributed by atoms with Crippen LogP contribution in [0.4, 0.5) is 5.69 Å². The standard InChI is InChI=1S/C14H19N5O/c1-11(15)2-7-14(20)18-13-5-3-12(4-6-13)8-19-10-16-9-17-19/h3-6,9-11H,2,7-8,15H2,1H3,(H,18,20). The van der Waals surface area contributed by atoms with Gasteiger partial charge in [0.15, 0.2) is 0 Å². The molecule has 1 amide bonds. The third-order valence-corrected chi connectivity index (χ3v) is 2.88. The van der Waals surface area contributed by atoms with Gasteiger partial charge in [-0.05, 0) is 31.0 Å². The first-order chi connectivity index (χ1) is 9.63. The van der Waals surface area contributed by atoms with Gasteiger partial charge >= 0.3 is 0 Å². The summed E-state index contributed by atoms with van der Waals surface area (Å²) in [7, 11) is 0. The molecule has 6 heteroatoms. The number of hydrogen-bond acceptors (Lipinski definition) is 4. The Labute approximate surface area is 118 Å². The fourth-order valence-electron chi connectivity index (χ4n) is 1.78. The molecule has 0 bridgehead atoms. The molecule has 1 aromatic carbocycles. The summed E-state index contributed by atoms with van der Waals surface area (Å²) < 4.78 is 1.75. The molecule has 2 rings (SSSR count). The molecule has 6 nitrogen and oxygen atoms in total. The number of carbonyl (C=O) groups is 1. The SMILES string of the molecule is CC(N)CCC(=O)Nc1ccc(Cn2cncn2)cc1. The Hall–Kier alpha value is -2.21. The molecule has 1 aromatic heterocycles. The molecule has 1 unspecified atom stereocenters. The van der Waals surface area contributed by atoms with Crippen molar-refractivity contribution in [2.24, 2.45) is 5.73 Å². The van der Waals surface area contributed by atoms with Crippen LogP contribution in [0, 0.1) is 0 Å². The molecule has 2 aromatic rings. The van der Waals surface area contributed by atoms with Crippen molar-refractivity contribution in [2.45, 2.75) is 32.4 Å². The Morgan fingerprint density at radius 2 is 2.15 bits per heavy atom. The molecule has 1 atom stereocenters. The van der Waals surface area contributed by atoms with Crippen LogP contribution in [0.5, 0.6) is 0 Å². The minimum absolute atomic E-state index is 0.00803. The summed E-state index contributed by atoms with van der Waals surface area (Å²) in [5.41, 5.74) is 7.52. The molecular weight excluding hydrogens is 254 g/mol. The van der Waals surface area contributed by atoms with Gasteiger partial charge in [-0.1, -0.05) is 12.1 Å². The number of aromatic nitrogens is 3. The quantitative estimate of drug-likeness (QED) is 0.832. The minimum Gasteiger partial charge on any atom is -0.328 e. The van der Waals surface area contributed by atoms with E-state index in [1.54, 1.807) is 11.0 Å². The van der Waals surface area contributed by atoms with E-state index in [0.717, 1.165) is 11.3 Å². The van der Waals surface area contributed by atoms with Gasteiger partial charge in [-0.15, -0.1) is 0 Å². The van der Waals surface area contributed by atoms with Crippen LogP contribution in [0.1, 0.15) is 25.3 Å². The van der Waals surface area contributed by atoms with Gasteiger partial charge in [0.05, 0.1) is 6.54 Å². The first-order valence-electron chi connectivity index (χ1n) is 6.60. The molecular formula is C14H19N5O. The highest BCUT2D eigenvalue weighted by Gasteiger charge is 2.04. The second-order valence-corrected chi connectivity index (χ2v) is 4.85. The van der Waals surface area contributed by atoms with Crippen LogP contribution < -0.4 is 11.1 Å². The molecule has 0 aliphatic rings. The summed E-state index contributed by atoms with van der Waals surface area (Å²) in [6, 6.07) is 7.74. The maximum Gasteiger partial charge on any atom is 0.224 e. The number of carbonyl (C=O) groups excluding carboxylic acids is 1. The molecule has 1 heterocycles. The zero-order valence-electron chi connectivity index (χ0n) is 11.5. The number of nitrogens with one attached hydrogen (secondary N) is 1. The van der Waals surface area contributed by atoms with Gasteiger partial charge in [0.2, 0.25) is 5.91 Å². The van der Waals surface area contributed by atoms with Gasteiger partial charge in [-0.25, -0.2) is 9.67 Å². The Morgan fingerprint density at radius 1 is 1.40 bits per heavy atom. The number of nitrogens with zero attached hydrogens (tertiary/aromatic N) is 3. The lowest BCUT2D eigenvalue weighted by Gasteiger charge is -2.08. The monoisotopic (exact) mass is 273 g/mol. The van der Waals surface area contributed by atoms with Crippen molar-refractivity contribution in [1.82, 2.24) is 14.8 Å². The van der Waals surface area contributed by atoms with Crippen molar-refractivity contribution in [3.8, 4) is 0 Å². The summed E-state index contributed by atoms with van der Waals surface area (Å²) in [6.07, 6.45) is 4.31. The molecule has 0 fully saturated rings. The van der Waals surface area contributed by atoms with Crippen molar-refractivity contribution in [2.75, 3.05) is 5.32 Å². The predicted molar refractivity (Wildman–Crippen MR) is 77.1 cm³/mol. The van der Waals surface area contributed by atoms with Crippen LogP contribution in [0.15, 0.2) is 36.9 Å². The fraction of sp³-hybridized carbons (Fsp3) is 0.357. The summed E-state index contributed by atoms with van der Waals surface area (Å²) in [6.45, 7) is 2.56.